The number of aromatic nitrogens is 5. The van der Waals surface area contributed by atoms with E-state index < -0.39 is 11.9 Å². The fraction of sp³-hybridized carbons (Fsp3) is 0.300. The zero-order chi connectivity index (χ0) is 30.2. The zero-order valence-corrected chi connectivity index (χ0v) is 24.7. The number of alkyl halides is 2. The zero-order valence-electron chi connectivity index (χ0n) is 23.8. The quantitative estimate of drug-likeness (QED) is 0.183. The van der Waals surface area contributed by atoms with Crippen LogP contribution in [0, 0.1) is 5.82 Å². The average Bonchev–Trinajstić information content (AvgIpc) is 3.72. The van der Waals surface area contributed by atoms with Gasteiger partial charge < -0.3 is 20.1 Å². The van der Waals surface area contributed by atoms with Crippen LogP contribution in [-0.2, 0) is 7.05 Å². The molecule has 2 aromatic carbocycles. The molecule has 3 aromatic heterocycles. The molecule has 0 radical (unpaired) electrons. The third-order valence-corrected chi connectivity index (χ3v) is 8.22. The van der Waals surface area contributed by atoms with Crippen molar-refractivity contribution in [1.29, 1.82) is 0 Å². The van der Waals surface area contributed by atoms with Crippen molar-refractivity contribution in [2.75, 3.05) is 30.6 Å². The second-order valence-corrected chi connectivity index (χ2v) is 11.5. The summed E-state index contributed by atoms with van der Waals surface area (Å²) < 4.78 is 52.3. The minimum absolute atomic E-state index is 0.272. The first kappa shape index (κ1) is 28.9. The molecule has 224 valence electrons. The molecule has 0 spiro atoms. The second kappa shape index (κ2) is 11.8. The number of hydrogen-bond donors (Lipinski definition) is 2. The highest BCUT2D eigenvalue weighted by molar-refractivity contribution is 8.00. The molecular formula is C30H31F3N8OS. The van der Waals surface area contributed by atoms with E-state index in [4.69, 9.17) is 15.6 Å². The number of likely N-dealkylation sites (N-methyl/N-ethyl adjacent to an activating group) is 1. The van der Waals surface area contributed by atoms with Crippen LogP contribution in [0.5, 0.6) is 5.75 Å². The number of ether oxygens (including phenoxy) is 1. The normalized spacial score (nSPS) is 16.3. The average molecular weight is 609 g/mol. The van der Waals surface area contributed by atoms with Crippen LogP contribution in [0.1, 0.15) is 31.1 Å². The Kier molecular flexibility index (Phi) is 7.93. The SMILES string of the molecule is CC(Oc1cc(-c2nn(C)c3c(-c4cnn(C5CCN(C)C5)c4)cnc(N)c23)ccc1NSC(F)F)c1ccc(F)cc1. The van der Waals surface area contributed by atoms with Crippen LogP contribution in [0.15, 0.2) is 61.1 Å². The number of nitrogens with one attached hydrogen (secondary N) is 1. The molecule has 1 aliphatic heterocycles. The summed E-state index contributed by atoms with van der Waals surface area (Å²) in [7, 11) is 3.95. The minimum atomic E-state index is -2.63. The summed E-state index contributed by atoms with van der Waals surface area (Å²) in [5.41, 5.74) is 11.3. The van der Waals surface area contributed by atoms with Crippen molar-refractivity contribution in [2.24, 2.45) is 7.05 Å². The molecule has 0 amide bonds. The van der Waals surface area contributed by atoms with Crippen molar-refractivity contribution in [2.45, 2.75) is 31.2 Å². The van der Waals surface area contributed by atoms with E-state index in [0.717, 1.165) is 41.7 Å². The van der Waals surface area contributed by atoms with Gasteiger partial charge in [-0.05, 0) is 56.8 Å². The Morgan fingerprint density at radius 3 is 2.60 bits per heavy atom. The third kappa shape index (κ3) is 5.87. The van der Waals surface area contributed by atoms with E-state index in [2.05, 4.69) is 26.8 Å². The van der Waals surface area contributed by atoms with Gasteiger partial charge >= 0.3 is 5.76 Å². The molecule has 2 unspecified atom stereocenters. The van der Waals surface area contributed by atoms with Crippen molar-refractivity contribution in [1.82, 2.24) is 29.4 Å². The number of hydrogen-bond acceptors (Lipinski definition) is 8. The lowest BCUT2D eigenvalue weighted by atomic mass is 10.0. The van der Waals surface area contributed by atoms with Gasteiger partial charge in [-0.3, -0.25) is 9.36 Å². The number of nitrogen functional groups attached to an aromatic ring is 1. The lowest BCUT2D eigenvalue weighted by Gasteiger charge is -2.19. The van der Waals surface area contributed by atoms with Gasteiger partial charge in [0.25, 0.3) is 0 Å². The highest BCUT2D eigenvalue weighted by Crippen LogP contribution is 2.41. The Morgan fingerprint density at radius 2 is 1.88 bits per heavy atom. The van der Waals surface area contributed by atoms with E-state index in [-0.39, 0.29) is 17.8 Å². The van der Waals surface area contributed by atoms with Gasteiger partial charge in [0.05, 0.1) is 28.8 Å². The molecule has 43 heavy (non-hydrogen) atoms. The molecule has 1 saturated heterocycles. The summed E-state index contributed by atoms with van der Waals surface area (Å²) in [6.07, 6.45) is 6.14. The maximum absolute atomic E-state index is 13.5. The van der Waals surface area contributed by atoms with E-state index in [0.29, 0.717) is 39.9 Å². The molecular weight excluding hydrogens is 577 g/mol. The van der Waals surface area contributed by atoms with Gasteiger partial charge in [-0.1, -0.05) is 18.2 Å². The van der Waals surface area contributed by atoms with Crippen molar-refractivity contribution in [3.8, 4) is 28.1 Å². The molecule has 3 N–H and O–H groups in total. The maximum atomic E-state index is 13.5. The number of anilines is 2. The van der Waals surface area contributed by atoms with Gasteiger partial charge in [0, 0.05) is 54.6 Å². The molecule has 9 nitrogen and oxygen atoms in total. The van der Waals surface area contributed by atoms with Gasteiger partial charge in [-0.25, -0.2) is 9.37 Å². The van der Waals surface area contributed by atoms with Gasteiger partial charge in [-0.15, -0.1) is 0 Å². The van der Waals surface area contributed by atoms with Gasteiger partial charge in [0.15, 0.2) is 0 Å². The van der Waals surface area contributed by atoms with Crippen LogP contribution < -0.4 is 15.2 Å². The van der Waals surface area contributed by atoms with E-state index in [1.807, 2.05) is 24.1 Å². The van der Waals surface area contributed by atoms with Crippen LogP contribution in [0.2, 0.25) is 0 Å². The number of benzene rings is 2. The highest BCUT2D eigenvalue weighted by Gasteiger charge is 2.24. The number of likely N-dealkylation sites (tertiary alicyclic amines) is 1. The van der Waals surface area contributed by atoms with Crippen LogP contribution in [0.3, 0.4) is 0 Å². The molecule has 13 heteroatoms. The molecule has 0 bridgehead atoms. The van der Waals surface area contributed by atoms with E-state index >= 15 is 0 Å². The van der Waals surface area contributed by atoms with Gasteiger partial charge in [0.2, 0.25) is 0 Å². The monoisotopic (exact) mass is 608 g/mol. The summed E-state index contributed by atoms with van der Waals surface area (Å²) in [6, 6.07) is 11.4. The Labute approximate surface area is 251 Å². The standard InChI is InChI=1S/C30H31F3N8OS/c1-17(18-4-7-21(31)8-5-18)42-25-12-19(6-9-24(25)38-43-30(32)33)27-26-28(40(3)37-27)23(14-35-29(26)34)20-13-36-41(15-20)22-10-11-39(2)16-22/h4-9,12-15,17,22,30,38H,10-11,16H2,1-3H3,(H2,34,35). The number of halogens is 3. The molecule has 0 aliphatic carbocycles. The summed E-state index contributed by atoms with van der Waals surface area (Å²) in [5.74, 6) is -2.36. The number of nitrogens with two attached hydrogens (primary N) is 1. The lowest BCUT2D eigenvalue weighted by molar-refractivity contribution is 0.228. The molecule has 5 aromatic rings. The lowest BCUT2D eigenvalue weighted by Crippen LogP contribution is -2.16. The first-order chi connectivity index (χ1) is 20.7. The first-order valence-electron chi connectivity index (χ1n) is 13.8. The fourth-order valence-corrected chi connectivity index (χ4v) is 5.89. The van der Waals surface area contributed by atoms with E-state index in [1.165, 1.54) is 12.1 Å². The van der Waals surface area contributed by atoms with Crippen molar-refractivity contribution >= 4 is 34.4 Å². The molecule has 0 saturated carbocycles. The third-order valence-electron chi connectivity index (χ3n) is 7.70. The Morgan fingerprint density at radius 1 is 1.09 bits per heavy atom. The molecule has 2 atom stereocenters. The highest BCUT2D eigenvalue weighted by atomic mass is 32.2. The number of nitrogens with zero attached hydrogens (tertiary/aromatic N) is 6. The molecule has 1 aliphatic rings. The summed E-state index contributed by atoms with van der Waals surface area (Å²) in [6.45, 7) is 3.78. The smallest absolute Gasteiger partial charge is 0.302 e. The van der Waals surface area contributed by atoms with Crippen LogP contribution in [0.4, 0.5) is 24.7 Å². The number of aryl methyl sites for hydroxylation is 1. The molecule has 1 fully saturated rings. The Hall–Kier alpha value is -4.23. The predicted molar refractivity (Wildman–Crippen MR) is 163 cm³/mol. The van der Waals surface area contributed by atoms with Gasteiger partial charge in [-0.2, -0.15) is 19.0 Å². The summed E-state index contributed by atoms with van der Waals surface area (Å²) >= 11 is 0.272. The number of pyridine rings is 1. The summed E-state index contributed by atoms with van der Waals surface area (Å²) in [5, 5.41) is 10.1. The number of rotatable bonds is 9. The largest absolute Gasteiger partial charge is 0.484 e. The second-order valence-electron chi connectivity index (χ2n) is 10.7. The fourth-order valence-electron chi connectivity index (χ4n) is 5.50. The van der Waals surface area contributed by atoms with E-state index in [1.54, 1.807) is 48.1 Å². The maximum Gasteiger partial charge on any atom is 0.302 e. The van der Waals surface area contributed by atoms with Crippen LogP contribution in [-0.4, -0.2) is 55.3 Å². The molecule has 6 rings (SSSR count). The molecule has 4 heterocycles. The first-order valence-corrected chi connectivity index (χ1v) is 14.7. The van der Waals surface area contributed by atoms with E-state index in [9.17, 15) is 13.2 Å². The van der Waals surface area contributed by atoms with Crippen LogP contribution in [0.25, 0.3) is 33.3 Å². The minimum Gasteiger partial charge on any atom is -0.484 e. The van der Waals surface area contributed by atoms with Crippen molar-refractivity contribution in [3.05, 3.63) is 72.4 Å². The van der Waals surface area contributed by atoms with Gasteiger partial charge in [0.1, 0.15) is 29.2 Å². The van der Waals surface area contributed by atoms with Crippen molar-refractivity contribution < 1.29 is 17.9 Å². The predicted octanol–water partition coefficient (Wildman–Crippen LogP) is 6.52. The number of fused-ring (bicyclic) bond motifs is 1. The Balaban J connectivity index is 1.39. The van der Waals surface area contributed by atoms with Crippen molar-refractivity contribution in [3.63, 3.8) is 0 Å². The van der Waals surface area contributed by atoms with Crippen LogP contribution >= 0.6 is 11.9 Å². The Bertz CT molecular complexity index is 1760. The summed E-state index contributed by atoms with van der Waals surface area (Å²) in [4.78, 5) is 6.79. The topological polar surface area (TPSA) is 99.0 Å².